The lowest BCUT2D eigenvalue weighted by Gasteiger charge is -2.12. The molecule has 0 aromatic rings. The fraction of sp³-hybridized carbons (Fsp3) is 1.00. The molecule has 0 saturated carbocycles. The monoisotopic (exact) mass is 250 g/mol. The van der Waals surface area contributed by atoms with Crippen LogP contribution in [0.3, 0.4) is 0 Å². The fourth-order valence-corrected chi connectivity index (χ4v) is 1.79. The predicted molar refractivity (Wildman–Crippen MR) is 51.2 cm³/mol. The Kier molecular flexibility index (Phi) is 7.07. The summed E-state index contributed by atoms with van der Waals surface area (Å²) in [6, 6.07) is 0. The van der Waals surface area contributed by atoms with Gasteiger partial charge in [0.15, 0.2) is 0 Å². The highest BCUT2D eigenvalue weighted by molar-refractivity contribution is 7.52. The summed E-state index contributed by atoms with van der Waals surface area (Å²) >= 11 is 0. The highest BCUT2D eigenvalue weighted by Gasteiger charge is 2.25. The van der Waals surface area contributed by atoms with E-state index in [1.54, 1.807) is 0 Å². The lowest BCUT2D eigenvalue weighted by molar-refractivity contribution is 0.350. The Balaban J connectivity index is 0. The molecule has 0 aliphatic heterocycles. The smallest absolute Gasteiger partial charge is 0.342 e. The van der Waals surface area contributed by atoms with Crippen molar-refractivity contribution < 1.29 is 28.7 Å². The van der Waals surface area contributed by atoms with Crippen LogP contribution in [0.2, 0.25) is 0 Å². The molecule has 8 nitrogen and oxygen atoms in total. The van der Waals surface area contributed by atoms with E-state index in [2.05, 4.69) is 0 Å². The molecule has 0 saturated heterocycles. The maximum atomic E-state index is 10.5. The van der Waals surface area contributed by atoms with Gasteiger partial charge in [0.1, 0.15) is 5.78 Å². The van der Waals surface area contributed by atoms with E-state index in [9.17, 15) is 9.13 Å². The second kappa shape index (κ2) is 5.95. The normalized spacial score (nSPS) is 14.6. The average molecular weight is 250 g/mol. The fourth-order valence-electron chi connectivity index (χ4n) is 0.675. The van der Waals surface area contributed by atoms with Gasteiger partial charge in [-0.05, 0) is 12.8 Å². The Bertz CT molecular complexity index is 246. The Morgan fingerprint density at radius 1 is 1.14 bits per heavy atom. The van der Waals surface area contributed by atoms with E-state index < -0.39 is 27.1 Å². The molecule has 10 heteroatoms. The quantitative estimate of drug-likeness (QED) is 0.356. The first-order chi connectivity index (χ1) is 5.63. The van der Waals surface area contributed by atoms with Gasteiger partial charge in [-0.15, -0.1) is 0 Å². The highest BCUT2D eigenvalue weighted by Crippen LogP contribution is 2.42. The van der Waals surface area contributed by atoms with Crippen LogP contribution in [-0.4, -0.2) is 31.5 Å². The van der Waals surface area contributed by atoms with Crippen LogP contribution in [0.4, 0.5) is 0 Å². The van der Waals surface area contributed by atoms with Gasteiger partial charge in [-0.25, -0.2) is 0 Å². The van der Waals surface area contributed by atoms with Gasteiger partial charge in [0.05, 0.1) is 0 Å². The lowest BCUT2D eigenvalue weighted by atomic mass is 10.3. The molecule has 0 aliphatic rings. The predicted octanol–water partition coefficient (Wildman–Crippen LogP) is -0.431. The maximum absolute atomic E-state index is 10.5. The molecular formula is C4H16N2O6P2. The second-order valence-corrected chi connectivity index (χ2v) is 6.31. The summed E-state index contributed by atoms with van der Waals surface area (Å²) in [6.07, 6.45) is -0.507. The Hall–Kier alpha value is 0.220. The van der Waals surface area contributed by atoms with Crippen LogP contribution in [0, 0.1) is 0 Å². The molecule has 0 bridgehead atoms. The topological polar surface area (TPSA) is 176 Å². The van der Waals surface area contributed by atoms with Crippen molar-refractivity contribution >= 4 is 15.2 Å². The first-order valence-corrected chi connectivity index (χ1v) is 6.96. The third-order valence-corrected chi connectivity index (χ3v) is 3.40. The van der Waals surface area contributed by atoms with Gasteiger partial charge in [0.25, 0.3) is 0 Å². The van der Waals surface area contributed by atoms with E-state index in [0.29, 0.717) is 0 Å². The molecular weight excluding hydrogens is 234 g/mol. The Morgan fingerprint density at radius 2 is 1.57 bits per heavy atom. The lowest BCUT2D eigenvalue weighted by Crippen LogP contribution is -2.20. The molecule has 0 amide bonds. The summed E-state index contributed by atoms with van der Waals surface area (Å²) in [6.45, 7) is 0. The molecule has 14 heavy (non-hydrogen) atoms. The van der Waals surface area contributed by atoms with Crippen LogP contribution in [0.5, 0.6) is 0 Å². The number of hydrogen-bond acceptors (Lipinski definition) is 4. The van der Waals surface area contributed by atoms with E-state index in [0.717, 1.165) is 0 Å². The zero-order chi connectivity index (χ0) is 10.7. The highest BCUT2D eigenvalue weighted by atomic mass is 31.2. The summed E-state index contributed by atoms with van der Waals surface area (Å²) < 4.78 is 20.8. The minimum atomic E-state index is -4.31. The summed E-state index contributed by atoms with van der Waals surface area (Å²) in [7, 11) is -8.40. The zero-order valence-electron chi connectivity index (χ0n) is 7.48. The van der Waals surface area contributed by atoms with Gasteiger partial charge >= 0.3 is 15.2 Å². The van der Waals surface area contributed by atoms with Crippen molar-refractivity contribution in [1.29, 1.82) is 0 Å². The van der Waals surface area contributed by atoms with Crippen molar-refractivity contribution in [2.24, 2.45) is 5.73 Å². The molecule has 0 fully saturated rings. The largest absolute Gasteiger partial charge is 0.344 e. The number of hydrogen-bond donors (Lipinski definition) is 6. The van der Waals surface area contributed by atoms with Crippen molar-refractivity contribution in [3.05, 3.63) is 0 Å². The van der Waals surface area contributed by atoms with Crippen LogP contribution in [0.1, 0.15) is 12.8 Å². The SMILES string of the molecule is N.NC(CCCP(=O)(O)O)P(=O)(O)O. The summed E-state index contributed by atoms with van der Waals surface area (Å²) in [5, 5.41) is 0. The van der Waals surface area contributed by atoms with Crippen LogP contribution < -0.4 is 11.9 Å². The van der Waals surface area contributed by atoms with Gasteiger partial charge in [-0.1, -0.05) is 0 Å². The molecule has 0 aliphatic carbocycles. The average Bonchev–Trinajstić information content (AvgIpc) is 1.82. The van der Waals surface area contributed by atoms with Crippen molar-refractivity contribution in [2.75, 3.05) is 6.16 Å². The minimum absolute atomic E-state index is 0. The Morgan fingerprint density at radius 3 is 1.86 bits per heavy atom. The minimum Gasteiger partial charge on any atom is -0.344 e. The molecule has 0 aromatic carbocycles. The summed E-state index contributed by atoms with van der Waals surface area (Å²) in [5.41, 5.74) is 5.06. The first kappa shape index (κ1) is 16.6. The standard InChI is InChI=1S/C4H13NO6P2.H3N/c5-4(13(9,10)11)2-1-3-12(6,7)8;/h4H,1-3,5H2,(H2,6,7,8)(H2,9,10,11);1H3. The van der Waals surface area contributed by atoms with Crippen molar-refractivity contribution in [1.82, 2.24) is 6.15 Å². The molecule has 0 aromatic heterocycles. The number of rotatable bonds is 5. The van der Waals surface area contributed by atoms with Crippen molar-refractivity contribution in [2.45, 2.75) is 18.6 Å². The third kappa shape index (κ3) is 8.80. The molecule has 0 rings (SSSR count). The molecule has 1 unspecified atom stereocenters. The summed E-state index contributed by atoms with van der Waals surface area (Å²) in [5.74, 6) is -1.33. The van der Waals surface area contributed by atoms with Gasteiger partial charge in [0.2, 0.25) is 0 Å². The van der Waals surface area contributed by atoms with Gasteiger partial charge in [0, 0.05) is 6.16 Å². The molecule has 0 heterocycles. The first-order valence-electron chi connectivity index (χ1n) is 3.48. The molecule has 9 N–H and O–H groups in total. The van der Waals surface area contributed by atoms with Crippen LogP contribution in [0.25, 0.3) is 0 Å². The van der Waals surface area contributed by atoms with Gasteiger partial charge < -0.3 is 31.5 Å². The van der Waals surface area contributed by atoms with Gasteiger partial charge in [-0.2, -0.15) is 0 Å². The Labute approximate surface area is 81.4 Å². The van der Waals surface area contributed by atoms with E-state index in [1.165, 1.54) is 0 Å². The van der Waals surface area contributed by atoms with Crippen LogP contribution >= 0.6 is 15.2 Å². The van der Waals surface area contributed by atoms with E-state index in [-0.39, 0.29) is 19.0 Å². The molecule has 0 radical (unpaired) electrons. The van der Waals surface area contributed by atoms with E-state index >= 15 is 0 Å². The zero-order valence-corrected chi connectivity index (χ0v) is 9.27. The van der Waals surface area contributed by atoms with Crippen LogP contribution in [0.15, 0.2) is 0 Å². The molecule has 1 atom stereocenters. The maximum Gasteiger partial charge on any atom is 0.342 e. The second-order valence-electron chi connectivity index (χ2n) is 2.69. The third-order valence-electron chi connectivity index (χ3n) is 1.38. The van der Waals surface area contributed by atoms with Crippen molar-refractivity contribution in [3.8, 4) is 0 Å². The molecule has 0 spiro atoms. The molecule has 88 valence electrons. The van der Waals surface area contributed by atoms with Crippen LogP contribution in [-0.2, 0) is 9.13 Å². The number of nitrogens with two attached hydrogens (primary N) is 1. The van der Waals surface area contributed by atoms with E-state index in [1.807, 2.05) is 0 Å². The summed E-state index contributed by atoms with van der Waals surface area (Å²) in [4.78, 5) is 33.8. The van der Waals surface area contributed by atoms with Crippen molar-refractivity contribution in [3.63, 3.8) is 0 Å². The van der Waals surface area contributed by atoms with Gasteiger partial charge in [-0.3, -0.25) is 9.13 Å². The van der Waals surface area contributed by atoms with E-state index in [4.69, 9.17) is 25.3 Å².